The van der Waals surface area contributed by atoms with Crippen molar-refractivity contribution in [3.63, 3.8) is 0 Å². The molecule has 0 fully saturated rings. The SMILES string of the molecule is [2H]c1c([2H])c(N(c2ccc(-c3ccc4ccccc4c3)cc2)c2c([2H])c([2H])c([2H])c3oc4c5c([2H])c([2H])c([2H])c([2H])c5c([2H])c([2H])c4c23)c([2H])c([2H])c1-c1c([2H])c([2H])c([2H])c2c([2H])c([2H])c([2H])c([2H])c12. The normalized spacial score (nSPS) is 17.2. The van der Waals surface area contributed by atoms with Crippen molar-refractivity contribution in [1.29, 1.82) is 0 Å². The first-order valence-electron chi connectivity index (χ1n) is 25.5. The standard InChI is InChI=1S/C48H31NO/c1-2-12-37-31-38(20-19-32(37)9-1)33-21-26-39(27-22-33)49(40-28-23-36(24-29-40)42-16-7-13-34-10-3-5-14-41(34)42)45-17-8-18-46-47(45)44-30-25-35-11-4-6-15-43(35)48(44)50-46/h1-31H/i3D,4D,5D,6D,7D,8D,10D,11D,13D,14D,15D,16D,17D,18D,23D,24D,25D,28D,29D,30D. The van der Waals surface area contributed by atoms with Crippen molar-refractivity contribution in [2.24, 2.45) is 0 Å². The van der Waals surface area contributed by atoms with Gasteiger partial charge < -0.3 is 9.32 Å². The van der Waals surface area contributed by atoms with Crippen LogP contribution in [0.15, 0.2) is 192 Å². The third-order valence-electron chi connectivity index (χ3n) is 8.56. The molecule has 50 heavy (non-hydrogen) atoms. The maximum Gasteiger partial charge on any atom is 0.143 e. The van der Waals surface area contributed by atoms with Crippen LogP contribution in [0.3, 0.4) is 0 Å². The fourth-order valence-corrected chi connectivity index (χ4v) is 6.20. The van der Waals surface area contributed by atoms with Crippen LogP contribution in [0.5, 0.6) is 0 Å². The number of furan rings is 1. The summed E-state index contributed by atoms with van der Waals surface area (Å²) in [5.74, 6) is 0. The van der Waals surface area contributed by atoms with E-state index < -0.39 is 160 Å². The fourth-order valence-electron chi connectivity index (χ4n) is 6.20. The molecule has 0 aliphatic carbocycles. The zero-order valence-corrected chi connectivity index (χ0v) is 25.7. The van der Waals surface area contributed by atoms with Crippen LogP contribution < -0.4 is 4.90 Å². The van der Waals surface area contributed by atoms with E-state index in [1.165, 1.54) is 12.1 Å². The molecule has 0 N–H and O–H groups in total. The van der Waals surface area contributed by atoms with E-state index in [9.17, 15) is 8.22 Å². The summed E-state index contributed by atoms with van der Waals surface area (Å²) in [7, 11) is 0. The Morgan fingerprint density at radius 2 is 1.14 bits per heavy atom. The van der Waals surface area contributed by atoms with Crippen LogP contribution in [0.4, 0.5) is 17.1 Å². The molecule has 234 valence electrons. The molecule has 1 aromatic heterocycles. The van der Waals surface area contributed by atoms with Crippen LogP contribution in [0, 0.1) is 0 Å². The van der Waals surface area contributed by atoms with Crippen LogP contribution in [-0.2, 0) is 0 Å². The molecule has 0 atom stereocenters. The van der Waals surface area contributed by atoms with Crippen LogP contribution in [0.25, 0.3) is 76.5 Å². The van der Waals surface area contributed by atoms with Gasteiger partial charge in [0, 0.05) is 22.1 Å². The Balaban J connectivity index is 1.35. The zero-order valence-electron chi connectivity index (χ0n) is 45.7. The lowest BCUT2D eigenvalue weighted by Crippen LogP contribution is -2.10. The summed E-state index contributed by atoms with van der Waals surface area (Å²) in [6.45, 7) is 0. The Kier molecular flexibility index (Phi) is 3.42. The predicted octanol–water partition coefficient (Wildman–Crippen LogP) is 13.8. The van der Waals surface area contributed by atoms with E-state index in [1.807, 2.05) is 42.5 Å². The zero-order chi connectivity index (χ0) is 50.4. The Hall–Kier alpha value is -6.64. The second-order valence-corrected chi connectivity index (χ2v) is 11.4. The molecule has 0 amide bonds. The number of fused-ring (bicyclic) bond motifs is 7. The topological polar surface area (TPSA) is 16.4 Å². The molecule has 0 spiro atoms. The first-order chi connectivity index (χ1) is 33.1. The van der Waals surface area contributed by atoms with Gasteiger partial charge in [0.1, 0.15) is 11.2 Å². The van der Waals surface area contributed by atoms with Crippen molar-refractivity contribution in [1.82, 2.24) is 0 Å². The summed E-state index contributed by atoms with van der Waals surface area (Å²) < 4.78 is 185. The third kappa shape index (κ3) is 4.65. The number of hydrogen-bond donors (Lipinski definition) is 0. The van der Waals surface area contributed by atoms with Gasteiger partial charge >= 0.3 is 0 Å². The van der Waals surface area contributed by atoms with Gasteiger partial charge in [-0.15, -0.1) is 0 Å². The highest BCUT2D eigenvalue weighted by atomic mass is 16.3. The summed E-state index contributed by atoms with van der Waals surface area (Å²) in [6.07, 6.45) is 0. The molecule has 10 aromatic rings. The van der Waals surface area contributed by atoms with E-state index in [4.69, 9.17) is 23.6 Å². The van der Waals surface area contributed by atoms with Gasteiger partial charge in [-0.05, 0) is 97.6 Å². The lowest BCUT2D eigenvalue weighted by molar-refractivity contribution is 0.672. The number of hydrogen-bond acceptors (Lipinski definition) is 2. The van der Waals surface area contributed by atoms with E-state index in [0.29, 0.717) is 5.56 Å². The molecule has 0 saturated carbocycles. The largest absolute Gasteiger partial charge is 0.455 e. The van der Waals surface area contributed by atoms with Crippen LogP contribution in [-0.4, -0.2) is 0 Å². The molecule has 0 aliphatic rings. The molecular weight excluding hydrogens is 607 g/mol. The number of rotatable bonds is 5. The minimum atomic E-state index is -0.882. The molecule has 0 bridgehead atoms. The minimum Gasteiger partial charge on any atom is -0.455 e. The van der Waals surface area contributed by atoms with Crippen LogP contribution in [0.2, 0.25) is 0 Å². The summed E-state index contributed by atoms with van der Waals surface area (Å²) in [5, 5.41) is -0.387. The highest BCUT2D eigenvalue weighted by Crippen LogP contribution is 2.45. The van der Waals surface area contributed by atoms with E-state index >= 15 is 0 Å². The van der Waals surface area contributed by atoms with Crippen molar-refractivity contribution < 1.29 is 31.8 Å². The molecule has 0 saturated heterocycles. The smallest absolute Gasteiger partial charge is 0.143 e. The monoisotopic (exact) mass is 657 g/mol. The fraction of sp³-hybridized carbons (Fsp3) is 0. The van der Waals surface area contributed by atoms with E-state index in [-0.39, 0.29) is 32.8 Å². The summed E-state index contributed by atoms with van der Waals surface area (Å²) in [5.41, 5.74) is -1.64. The summed E-state index contributed by atoms with van der Waals surface area (Å²) >= 11 is 0. The maximum absolute atomic E-state index is 9.68. The van der Waals surface area contributed by atoms with Crippen molar-refractivity contribution >= 4 is 71.3 Å². The van der Waals surface area contributed by atoms with Crippen molar-refractivity contribution in [2.75, 3.05) is 4.90 Å². The first kappa shape index (κ1) is 14.9. The lowest BCUT2D eigenvalue weighted by atomic mass is 9.98. The molecule has 9 aromatic carbocycles. The first-order valence-corrected chi connectivity index (χ1v) is 15.5. The van der Waals surface area contributed by atoms with Gasteiger partial charge in [0.15, 0.2) is 0 Å². The van der Waals surface area contributed by atoms with E-state index in [1.54, 1.807) is 12.1 Å². The van der Waals surface area contributed by atoms with Crippen molar-refractivity contribution in [3.8, 4) is 22.3 Å². The average Bonchev–Trinajstić information content (AvgIpc) is 3.75. The van der Waals surface area contributed by atoms with Gasteiger partial charge in [0.2, 0.25) is 0 Å². The van der Waals surface area contributed by atoms with Gasteiger partial charge in [0.05, 0.1) is 38.5 Å². The Morgan fingerprint density at radius 3 is 1.98 bits per heavy atom. The Morgan fingerprint density at radius 1 is 0.440 bits per heavy atom. The average molecular weight is 658 g/mol. The minimum absolute atomic E-state index is 0.0347. The summed E-state index contributed by atoms with van der Waals surface area (Å²) in [4.78, 5) is 1.09. The van der Waals surface area contributed by atoms with Crippen LogP contribution in [0.1, 0.15) is 27.4 Å². The van der Waals surface area contributed by atoms with Gasteiger partial charge in [0.25, 0.3) is 0 Å². The predicted molar refractivity (Wildman–Crippen MR) is 212 cm³/mol. The lowest BCUT2D eigenvalue weighted by Gasteiger charge is -2.26. The number of nitrogens with zero attached hydrogens (tertiary/aromatic N) is 1. The van der Waals surface area contributed by atoms with Gasteiger partial charge in [-0.1, -0.05) is 139 Å². The second-order valence-electron chi connectivity index (χ2n) is 11.4. The van der Waals surface area contributed by atoms with E-state index in [2.05, 4.69) is 0 Å². The van der Waals surface area contributed by atoms with Crippen LogP contribution >= 0.6 is 0 Å². The molecular formula is C48H31NO. The highest BCUT2D eigenvalue weighted by molar-refractivity contribution is 6.19. The Bertz CT molecular complexity index is 3980. The second kappa shape index (κ2) is 11.5. The maximum atomic E-state index is 9.68. The van der Waals surface area contributed by atoms with Gasteiger partial charge in [-0.2, -0.15) is 0 Å². The molecule has 0 radical (unpaired) electrons. The molecule has 0 aliphatic heterocycles. The number of anilines is 3. The van der Waals surface area contributed by atoms with Gasteiger partial charge in [-0.3, -0.25) is 0 Å². The molecule has 1 heterocycles. The highest BCUT2D eigenvalue weighted by Gasteiger charge is 2.20. The van der Waals surface area contributed by atoms with Crippen molar-refractivity contribution in [2.45, 2.75) is 0 Å². The molecule has 2 heteroatoms. The van der Waals surface area contributed by atoms with Crippen molar-refractivity contribution in [3.05, 3.63) is 188 Å². The Labute approximate surface area is 318 Å². The molecule has 10 rings (SSSR count). The van der Waals surface area contributed by atoms with Gasteiger partial charge in [-0.25, -0.2) is 0 Å². The number of benzene rings is 9. The third-order valence-corrected chi connectivity index (χ3v) is 8.56. The molecule has 2 nitrogen and oxygen atoms in total. The quantitative estimate of drug-likeness (QED) is 0.183. The summed E-state index contributed by atoms with van der Waals surface area (Å²) in [6, 6.07) is 4.85. The molecule has 0 unspecified atom stereocenters. The van der Waals surface area contributed by atoms with E-state index in [0.717, 1.165) is 21.2 Å².